The van der Waals surface area contributed by atoms with Crippen LogP contribution in [0.4, 0.5) is 0 Å². The molecule has 2 amide bonds. The van der Waals surface area contributed by atoms with E-state index in [1.807, 2.05) is 58.9 Å². The number of rotatable bonds is 20. The number of nitrogens with one attached hydrogen (secondary N) is 2. The number of fused-ring (bicyclic) bond motifs is 3. The molecule has 3 rings (SSSR count). The summed E-state index contributed by atoms with van der Waals surface area (Å²) < 4.78 is 22.2. The van der Waals surface area contributed by atoms with Gasteiger partial charge in [-0.05, 0) is 94.2 Å². The van der Waals surface area contributed by atoms with Gasteiger partial charge in [-0.2, -0.15) is 0 Å². The first-order valence-electron chi connectivity index (χ1n) is 16.1. The Bertz CT molecular complexity index is 1260. The first-order chi connectivity index (χ1) is 21.4. The lowest BCUT2D eigenvalue weighted by Crippen LogP contribution is -2.34. The molecule has 2 atom stereocenters. The summed E-state index contributed by atoms with van der Waals surface area (Å²) in [5, 5.41) is 16.4. The van der Waals surface area contributed by atoms with Gasteiger partial charge in [-0.3, -0.25) is 9.59 Å². The molecule has 45 heavy (non-hydrogen) atoms. The molecule has 2 aromatic carbocycles. The van der Waals surface area contributed by atoms with Crippen molar-refractivity contribution in [3.05, 3.63) is 58.7 Å². The number of amides is 2. The van der Waals surface area contributed by atoms with Gasteiger partial charge in [-0.25, -0.2) is 0 Å². The summed E-state index contributed by atoms with van der Waals surface area (Å²) in [6.07, 6.45) is 3.27. The fraction of sp³-hybridized carbons (Fsp3) is 0.611. The van der Waals surface area contributed by atoms with Crippen molar-refractivity contribution < 1.29 is 33.6 Å². The second-order valence-electron chi connectivity index (χ2n) is 13.1. The maximum Gasteiger partial charge on any atom is 0.252 e. The van der Waals surface area contributed by atoms with Crippen molar-refractivity contribution in [2.75, 3.05) is 53.7 Å². The molecule has 0 aromatic heterocycles. The summed E-state index contributed by atoms with van der Waals surface area (Å²) in [6, 6.07) is 11.9. The van der Waals surface area contributed by atoms with E-state index in [0.29, 0.717) is 51.3 Å². The molecule has 0 spiro atoms. The van der Waals surface area contributed by atoms with Crippen LogP contribution < -0.4 is 10.6 Å². The van der Waals surface area contributed by atoms with Gasteiger partial charge in [-0.15, -0.1) is 0 Å². The third-order valence-corrected chi connectivity index (χ3v) is 8.57. The number of carbonyl (C=O) groups is 2. The van der Waals surface area contributed by atoms with Crippen LogP contribution in [-0.4, -0.2) is 88.0 Å². The zero-order chi connectivity index (χ0) is 33.0. The third kappa shape index (κ3) is 10.9. The molecule has 0 bridgehead atoms. The Balaban J connectivity index is 1.53. The number of carbonyl (C=O) groups excluding carboxylic acids is 2. The maximum atomic E-state index is 13.2. The average Bonchev–Trinajstić information content (AvgIpc) is 3.32. The van der Waals surface area contributed by atoms with Crippen LogP contribution in [0.2, 0.25) is 0 Å². The molecular formula is C36H54N2O7. The molecule has 250 valence electrons. The van der Waals surface area contributed by atoms with Crippen LogP contribution in [0.3, 0.4) is 0 Å². The lowest BCUT2D eigenvalue weighted by molar-refractivity contribution is -0.121. The highest BCUT2D eigenvalue weighted by Crippen LogP contribution is 2.46. The van der Waals surface area contributed by atoms with Gasteiger partial charge in [0.2, 0.25) is 5.91 Å². The minimum atomic E-state index is -0.334. The molecular weight excluding hydrogens is 572 g/mol. The zero-order valence-electron chi connectivity index (χ0n) is 28.3. The second kappa shape index (κ2) is 17.2. The normalized spacial score (nSPS) is 15.0. The smallest absolute Gasteiger partial charge is 0.252 e. The van der Waals surface area contributed by atoms with E-state index in [1.165, 1.54) is 0 Å². The fourth-order valence-corrected chi connectivity index (χ4v) is 5.51. The summed E-state index contributed by atoms with van der Waals surface area (Å²) >= 11 is 0. The van der Waals surface area contributed by atoms with E-state index < -0.39 is 0 Å². The average molecular weight is 627 g/mol. The van der Waals surface area contributed by atoms with E-state index in [9.17, 15) is 14.7 Å². The first kappa shape index (κ1) is 36.6. The van der Waals surface area contributed by atoms with Gasteiger partial charge in [0.15, 0.2) is 0 Å². The van der Waals surface area contributed by atoms with E-state index in [1.54, 1.807) is 14.2 Å². The highest BCUT2D eigenvalue weighted by atomic mass is 16.5. The number of aliphatic hydroxyl groups excluding tert-OH is 1. The minimum Gasteiger partial charge on any atom is -0.395 e. The first-order valence-corrected chi connectivity index (χ1v) is 16.1. The van der Waals surface area contributed by atoms with Gasteiger partial charge in [0.05, 0.1) is 43.7 Å². The number of hydrogen-bond donors (Lipinski definition) is 3. The van der Waals surface area contributed by atoms with Crippen molar-refractivity contribution in [1.29, 1.82) is 0 Å². The van der Waals surface area contributed by atoms with E-state index >= 15 is 0 Å². The molecule has 0 saturated carbocycles. The van der Waals surface area contributed by atoms with Crippen molar-refractivity contribution in [2.45, 2.75) is 89.9 Å². The Morgan fingerprint density at radius 3 is 2.44 bits per heavy atom. The number of hydrogen-bond acceptors (Lipinski definition) is 7. The van der Waals surface area contributed by atoms with Crippen LogP contribution in [0.5, 0.6) is 0 Å². The standard InChI is InChI=1S/C36H54N2O7/c1-25(44-21-20-42-6)23-38-34(41)29-12-9-11-27-31(24-39)30-22-26(14-15-28(30)33(27)29)10-8-13-32(40)37-18-16-36(4,5)45-19-17-35(2,3)43-7/h9,11-12,14-15,22,25,31,39H,8,10,13,16-21,23-24H2,1-7H3,(H,37,40)(H,38,41). The molecule has 2 unspecified atom stereocenters. The van der Waals surface area contributed by atoms with E-state index in [-0.39, 0.29) is 41.6 Å². The Hall–Kier alpha value is -2.82. The van der Waals surface area contributed by atoms with Crippen molar-refractivity contribution in [2.24, 2.45) is 0 Å². The van der Waals surface area contributed by atoms with Crippen molar-refractivity contribution >= 4 is 11.8 Å². The van der Waals surface area contributed by atoms with E-state index in [0.717, 1.165) is 47.1 Å². The van der Waals surface area contributed by atoms with Crippen molar-refractivity contribution in [3.63, 3.8) is 0 Å². The SMILES string of the molecule is COCCOC(C)CNC(=O)c1cccc2c1-c1ccc(CCCC(=O)NCCC(C)(C)OCCC(C)(C)OC)cc1C2CO. The van der Waals surface area contributed by atoms with E-state index in [2.05, 4.69) is 22.8 Å². The molecule has 9 nitrogen and oxygen atoms in total. The summed E-state index contributed by atoms with van der Waals surface area (Å²) in [7, 11) is 3.33. The van der Waals surface area contributed by atoms with Crippen molar-refractivity contribution in [3.8, 4) is 11.1 Å². The Morgan fingerprint density at radius 1 is 0.956 bits per heavy atom. The molecule has 0 radical (unpaired) electrons. The largest absolute Gasteiger partial charge is 0.395 e. The number of aryl methyl sites for hydroxylation is 1. The van der Waals surface area contributed by atoms with Gasteiger partial charge in [0, 0.05) is 45.2 Å². The summed E-state index contributed by atoms with van der Waals surface area (Å²) in [5.74, 6) is -0.339. The number of benzene rings is 2. The molecule has 1 aliphatic carbocycles. The molecule has 3 N–H and O–H groups in total. The predicted molar refractivity (Wildman–Crippen MR) is 177 cm³/mol. The monoisotopic (exact) mass is 626 g/mol. The van der Waals surface area contributed by atoms with Gasteiger partial charge in [0.25, 0.3) is 5.91 Å². The van der Waals surface area contributed by atoms with Crippen LogP contribution >= 0.6 is 0 Å². The molecule has 2 aromatic rings. The molecule has 9 heteroatoms. The molecule has 0 fully saturated rings. The minimum absolute atomic E-state index is 0.0298. The Kier molecular flexibility index (Phi) is 14.0. The summed E-state index contributed by atoms with van der Waals surface area (Å²) in [6.45, 7) is 12.5. The molecule has 0 heterocycles. The van der Waals surface area contributed by atoms with Crippen LogP contribution in [0.15, 0.2) is 36.4 Å². The topological polar surface area (TPSA) is 115 Å². The number of ether oxygens (including phenoxy) is 4. The molecule has 0 aliphatic heterocycles. The zero-order valence-corrected chi connectivity index (χ0v) is 28.3. The highest BCUT2D eigenvalue weighted by Gasteiger charge is 2.32. The maximum absolute atomic E-state index is 13.2. The predicted octanol–water partition coefficient (Wildman–Crippen LogP) is 5.01. The van der Waals surface area contributed by atoms with Gasteiger partial charge in [0.1, 0.15) is 0 Å². The van der Waals surface area contributed by atoms with Gasteiger partial charge < -0.3 is 34.7 Å². The lowest BCUT2D eigenvalue weighted by atomic mass is 9.95. The second-order valence-corrected chi connectivity index (χ2v) is 13.1. The van der Waals surface area contributed by atoms with Crippen LogP contribution in [-0.2, 0) is 30.2 Å². The Labute approximate surface area is 269 Å². The summed E-state index contributed by atoms with van der Waals surface area (Å²) in [5.41, 5.74) is 4.95. The molecule has 1 aliphatic rings. The molecule has 0 saturated heterocycles. The van der Waals surface area contributed by atoms with Crippen LogP contribution in [0.1, 0.15) is 93.3 Å². The van der Waals surface area contributed by atoms with Crippen molar-refractivity contribution in [1.82, 2.24) is 10.6 Å². The lowest BCUT2D eigenvalue weighted by Gasteiger charge is -2.29. The number of methoxy groups -OCH3 is 2. The third-order valence-electron chi connectivity index (χ3n) is 8.57. The summed E-state index contributed by atoms with van der Waals surface area (Å²) in [4.78, 5) is 25.8. The van der Waals surface area contributed by atoms with Crippen LogP contribution in [0.25, 0.3) is 11.1 Å². The fourth-order valence-electron chi connectivity index (χ4n) is 5.51. The highest BCUT2D eigenvalue weighted by molar-refractivity contribution is 6.03. The van der Waals surface area contributed by atoms with Gasteiger partial charge >= 0.3 is 0 Å². The Morgan fingerprint density at radius 2 is 1.73 bits per heavy atom. The number of aliphatic hydroxyl groups is 1. The van der Waals surface area contributed by atoms with Crippen LogP contribution in [0, 0.1) is 0 Å². The quantitative estimate of drug-likeness (QED) is 0.177. The van der Waals surface area contributed by atoms with Gasteiger partial charge in [-0.1, -0.05) is 30.3 Å². The van der Waals surface area contributed by atoms with E-state index in [4.69, 9.17) is 18.9 Å².